The fourth-order valence-electron chi connectivity index (χ4n) is 4.64. The zero-order chi connectivity index (χ0) is 23.9. The van der Waals surface area contributed by atoms with Crippen LogP contribution in [0.1, 0.15) is 52.5 Å². The van der Waals surface area contributed by atoms with E-state index in [4.69, 9.17) is 9.84 Å². The molecule has 1 atom stereocenters. The van der Waals surface area contributed by atoms with Crippen LogP contribution in [-0.2, 0) is 11.3 Å². The average Bonchev–Trinajstić information content (AvgIpc) is 3.28. The number of nitrogens with one attached hydrogen (secondary N) is 1. The number of hydrogen-bond acceptors (Lipinski definition) is 4. The first kappa shape index (κ1) is 22.8. The van der Waals surface area contributed by atoms with Gasteiger partial charge in [-0.1, -0.05) is 18.2 Å². The Morgan fingerprint density at radius 1 is 1.21 bits per heavy atom. The van der Waals surface area contributed by atoms with Crippen LogP contribution in [0.5, 0.6) is 5.75 Å². The summed E-state index contributed by atoms with van der Waals surface area (Å²) in [5.41, 5.74) is 7.56. The Morgan fingerprint density at radius 3 is 2.64 bits per heavy atom. The molecule has 1 aliphatic heterocycles. The van der Waals surface area contributed by atoms with E-state index >= 15 is 0 Å². The average molecular weight is 456 g/mol. The Kier molecular flexibility index (Phi) is 6.10. The van der Waals surface area contributed by atoms with Crippen molar-refractivity contribution in [3.63, 3.8) is 0 Å². The van der Waals surface area contributed by atoms with Crippen LogP contribution >= 0.6 is 0 Å². The van der Waals surface area contributed by atoms with Crippen molar-refractivity contribution in [2.75, 3.05) is 11.9 Å². The van der Waals surface area contributed by atoms with Crippen LogP contribution in [0.3, 0.4) is 0 Å². The van der Waals surface area contributed by atoms with E-state index in [9.17, 15) is 13.6 Å². The maximum atomic E-state index is 13.4. The number of aliphatic carboxylic acids is 1. The van der Waals surface area contributed by atoms with Gasteiger partial charge in [-0.15, -0.1) is 0 Å². The van der Waals surface area contributed by atoms with Gasteiger partial charge in [-0.3, -0.25) is 4.79 Å². The molecule has 0 spiro atoms. The second-order valence-electron chi connectivity index (χ2n) is 8.52. The number of hydrogen-bond donors (Lipinski definition) is 2. The normalized spacial score (nSPS) is 14.9. The van der Waals surface area contributed by atoms with E-state index in [1.807, 2.05) is 44.2 Å². The van der Waals surface area contributed by atoms with Crippen LogP contribution in [0.25, 0.3) is 11.1 Å². The molecule has 8 heteroatoms. The van der Waals surface area contributed by atoms with Gasteiger partial charge in [0.05, 0.1) is 18.7 Å². The number of benzene rings is 2. The molecule has 0 saturated heterocycles. The Bertz CT molecular complexity index is 1220. The Hall–Kier alpha value is -3.42. The molecule has 0 amide bonds. The van der Waals surface area contributed by atoms with E-state index in [1.54, 1.807) is 13.8 Å². The van der Waals surface area contributed by atoms with Gasteiger partial charge >= 0.3 is 12.5 Å². The Morgan fingerprint density at radius 2 is 1.97 bits per heavy atom. The molecular formula is C25H27F2N3O3. The molecular weight excluding hydrogens is 428 g/mol. The van der Waals surface area contributed by atoms with Gasteiger partial charge in [-0.2, -0.15) is 13.9 Å². The third-order valence-electron chi connectivity index (χ3n) is 6.34. The molecule has 2 heterocycles. The summed E-state index contributed by atoms with van der Waals surface area (Å²) in [6.07, 6.45) is 0.0477. The number of ether oxygens (including phenoxy) is 1. The van der Waals surface area contributed by atoms with Crippen LogP contribution < -0.4 is 10.1 Å². The molecule has 4 rings (SSSR count). The van der Waals surface area contributed by atoms with Crippen LogP contribution in [-0.4, -0.2) is 27.5 Å². The van der Waals surface area contributed by atoms with Gasteiger partial charge in [0, 0.05) is 41.0 Å². The Balaban J connectivity index is 1.59. The van der Waals surface area contributed by atoms with Crippen molar-refractivity contribution in [1.29, 1.82) is 0 Å². The van der Waals surface area contributed by atoms with Crippen LogP contribution in [0, 0.1) is 27.7 Å². The number of rotatable bonds is 7. The third kappa shape index (κ3) is 4.29. The quantitative estimate of drug-likeness (QED) is 0.475. The standard InChI is InChI=1S/C25H27F2N3O3/c1-13-5-6-17(14(2)23(13)24-15(3)29-30(16(24)4)25(26)27)11-28-19-7-8-20-18(9-22(31)32)12-33-21(20)10-19/h5-8,10,18,25,28H,9,11-12H2,1-4H3,(H,31,32)/t18-/m1/s1. The lowest BCUT2D eigenvalue weighted by Gasteiger charge is -2.17. The molecule has 2 aromatic carbocycles. The highest BCUT2D eigenvalue weighted by atomic mass is 19.3. The van der Waals surface area contributed by atoms with E-state index in [-0.39, 0.29) is 12.3 Å². The van der Waals surface area contributed by atoms with Crippen molar-refractivity contribution < 1.29 is 23.4 Å². The van der Waals surface area contributed by atoms with Gasteiger partial charge in [0.15, 0.2) is 0 Å². The minimum atomic E-state index is -2.68. The minimum Gasteiger partial charge on any atom is -0.493 e. The second kappa shape index (κ2) is 8.84. The number of carboxylic acid groups (broad SMARTS) is 1. The highest BCUT2D eigenvalue weighted by Gasteiger charge is 2.26. The maximum Gasteiger partial charge on any atom is 0.333 e. The van der Waals surface area contributed by atoms with Crippen LogP contribution in [0.2, 0.25) is 0 Å². The fraction of sp³-hybridized carbons (Fsp3) is 0.360. The summed E-state index contributed by atoms with van der Waals surface area (Å²) in [6.45, 7) is 5.64. The van der Waals surface area contributed by atoms with E-state index in [0.717, 1.165) is 43.7 Å². The molecule has 174 valence electrons. The van der Waals surface area contributed by atoms with Gasteiger partial charge in [0.1, 0.15) is 5.75 Å². The number of aryl methyl sites for hydroxylation is 2. The fourth-order valence-corrected chi connectivity index (χ4v) is 4.64. The first-order valence-corrected chi connectivity index (χ1v) is 10.8. The van der Waals surface area contributed by atoms with Gasteiger partial charge in [-0.05, 0) is 56.0 Å². The van der Waals surface area contributed by atoms with Gasteiger partial charge in [0.2, 0.25) is 0 Å². The topological polar surface area (TPSA) is 76.4 Å². The van der Waals surface area contributed by atoms with Crippen molar-refractivity contribution in [2.45, 2.75) is 53.1 Å². The number of nitrogens with zero attached hydrogens (tertiary/aromatic N) is 2. The van der Waals surface area contributed by atoms with E-state index in [0.29, 0.717) is 30.3 Å². The molecule has 0 aliphatic carbocycles. The molecule has 3 aromatic rings. The lowest BCUT2D eigenvalue weighted by molar-refractivity contribution is -0.137. The van der Waals surface area contributed by atoms with Crippen molar-refractivity contribution in [3.05, 3.63) is 64.0 Å². The van der Waals surface area contributed by atoms with E-state index < -0.39 is 12.5 Å². The lowest BCUT2D eigenvalue weighted by atomic mass is 9.91. The summed E-state index contributed by atoms with van der Waals surface area (Å²) in [5.74, 6) is -0.263. The molecule has 33 heavy (non-hydrogen) atoms. The second-order valence-corrected chi connectivity index (χ2v) is 8.52. The molecule has 0 bridgehead atoms. The van der Waals surface area contributed by atoms with Gasteiger partial charge in [-0.25, -0.2) is 4.68 Å². The minimum absolute atomic E-state index is 0.0477. The number of anilines is 1. The first-order chi connectivity index (χ1) is 15.7. The largest absolute Gasteiger partial charge is 0.493 e. The number of halogens is 2. The predicted octanol–water partition coefficient (Wildman–Crippen LogP) is 5.74. The predicted molar refractivity (Wildman–Crippen MR) is 122 cm³/mol. The lowest BCUT2D eigenvalue weighted by Crippen LogP contribution is -2.07. The number of alkyl halides is 2. The highest BCUT2D eigenvalue weighted by Crippen LogP contribution is 2.38. The zero-order valence-electron chi connectivity index (χ0n) is 19.1. The van der Waals surface area contributed by atoms with Crippen LogP contribution in [0.4, 0.5) is 14.5 Å². The zero-order valence-corrected chi connectivity index (χ0v) is 19.1. The third-order valence-corrected chi connectivity index (χ3v) is 6.34. The Labute approximate surface area is 191 Å². The highest BCUT2D eigenvalue weighted by molar-refractivity contribution is 5.76. The van der Waals surface area contributed by atoms with Crippen molar-refractivity contribution >= 4 is 11.7 Å². The summed E-state index contributed by atoms with van der Waals surface area (Å²) in [5, 5.41) is 16.5. The number of aromatic nitrogens is 2. The number of fused-ring (bicyclic) bond motifs is 1. The summed E-state index contributed by atoms with van der Waals surface area (Å²) in [7, 11) is 0. The molecule has 1 aliphatic rings. The van der Waals surface area contributed by atoms with Crippen LogP contribution in [0.15, 0.2) is 30.3 Å². The van der Waals surface area contributed by atoms with Crippen molar-refractivity contribution in [2.24, 2.45) is 0 Å². The molecule has 0 unspecified atom stereocenters. The van der Waals surface area contributed by atoms with E-state index in [2.05, 4.69) is 10.4 Å². The maximum absolute atomic E-state index is 13.4. The monoisotopic (exact) mass is 455 g/mol. The summed E-state index contributed by atoms with van der Waals surface area (Å²) >= 11 is 0. The molecule has 2 N–H and O–H groups in total. The first-order valence-electron chi connectivity index (χ1n) is 10.8. The molecule has 1 aromatic heterocycles. The SMILES string of the molecule is Cc1ccc(CNc2ccc3c(c2)OC[C@H]3CC(=O)O)c(C)c1-c1c(C)nn(C(F)F)c1C. The molecule has 0 saturated carbocycles. The molecule has 6 nitrogen and oxygen atoms in total. The summed E-state index contributed by atoms with van der Waals surface area (Å²) in [4.78, 5) is 11.0. The van der Waals surface area contributed by atoms with Gasteiger partial charge in [0.25, 0.3) is 0 Å². The van der Waals surface area contributed by atoms with Gasteiger partial charge < -0.3 is 15.2 Å². The molecule has 0 fully saturated rings. The number of carbonyl (C=O) groups is 1. The van der Waals surface area contributed by atoms with E-state index in [1.165, 1.54) is 0 Å². The summed E-state index contributed by atoms with van der Waals surface area (Å²) < 4.78 is 33.2. The molecule has 0 radical (unpaired) electrons. The van der Waals surface area contributed by atoms with Crippen molar-refractivity contribution in [1.82, 2.24) is 9.78 Å². The van der Waals surface area contributed by atoms with Crippen molar-refractivity contribution in [3.8, 4) is 16.9 Å². The smallest absolute Gasteiger partial charge is 0.333 e. The summed E-state index contributed by atoms with van der Waals surface area (Å²) in [6, 6.07) is 9.77. The number of carboxylic acids is 1.